The molecule has 106 valence electrons. The van der Waals surface area contributed by atoms with E-state index < -0.39 is 0 Å². The Morgan fingerprint density at radius 1 is 1.32 bits per heavy atom. The Kier molecular flexibility index (Phi) is 3.78. The quantitative estimate of drug-likeness (QED) is 0.789. The average molecular weight is 282 g/mol. The lowest BCUT2D eigenvalue weighted by Gasteiger charge is -2.24. The van der Waals surface area contributed by atoms with Gasteiger partial charge in [0.25, 0.3) is 0 Å². The van der Waals surface area contributed by atoms with Crippen LogP contribution in [0.4, 0.5) is 5.82 Å². The van der Waals surface area contributed by atoms with Gasteiger partial charge in [-0.1, -0.05) is 39.3 Å². The monoisotopic (exact) mass is 281 g/mol. The summed E-state index contributed by atoms with van der Waals surface area (Å²) in [5, 5.41) is 0.575. The van der Waals surface area contributed by atoms with Crippen molar-refractivity contribution in [1.29, 1.82) is 0 Å². The number of rotatable bonds is 3. The van der Waals surface area contributed by atoms with Crippen molar-refractivity contribution in [2.24, 2.45) is 11.8 Å². The van der Waals surface area contributed by atoms with Crippen molar-refractivity contribution in [2.45, 2.75) is 46.5 Å². The van der Waals surface area contributed by atoms with Crippen LogP contribution in [0.25, 0.3) is 0 Å². The van der Waals surface area contributed by atoms with Crippen LogP contribution < -0.4 is 4.90 Å². The van der Waals surface area contributed by atoms with Gasteiger partial charge in [-0.2, -0.15) is 0 Å². The molecule has 1 aromatic rings. The molecule has 19 heavy (non-hydrogen) atoms. The van der Waals surface area contributed by atoms with E-state index in [9.17, 15) is 0 Å². The molecule has 4 heteroatoms. The summed E-state index contributed by atoms with van der Waals surface area (Å²) in [5.74, 6) is 3.44. The Bertz CT molecular complexity index is 479. The predicted molar refractivity (Wildman–Crippen MR) is 81.0 cm³/mol. The fourth-order valence-electron chi connectivity index (χ4n) is 2.28. The van der Waals surface area contributed by atoms with Gasteiger partial charge in [-0.05, 0) is 25.2 Å². The molecular formula is C15H24ClN3. The molecule has 2 rings (SSSR count). The van der Waals surface area contributed by atoms with Crippen LogP contribution in [0.15, 0.2) is 0 Å². The average Bonchev–Trinajstić information content (AvgIpc) is 2.96. The third kappa shape index (κ3) is 3.19. The molecule has 1 aliphatic rings. The number of aromatic nitrogens is 2. The molecule has 1 heterocycles. The normalized spacial score (nSPS) is 22.5. The van der Waals surface area contributed by atoms with Crippen LogP contribution >= 0.6 is 11.6 Å². The zero-order valence-electron chi connectivity index (χ0n) is 12.8. The van der Waals surface area contributed by atoms with E-state index in [1.54, 1.807) is 0 Å². The largest absolute Gasteiger partial charge is 0.359 e. The number of nitrogens with zero attached hydrogens (tertiary/aromatic N) is 3. The summed E-state index contributed by atoms with van der Waals surface area (Å²) >= 11 is 6.27. The number of halogens is 1. The molecule has 1 aliphatic carbocycles. The van der Waals surface area contributed by atoms with Gasteiger partial charge in [-0.3, -0.25) is 0 Å². The minimum atomic E-state index is -0.0835. The van der Waals surface area contributed by atoms with E-state index in [0.717, 1.165) is 35.6 Å². The van der Waals surface area contributed by atoms with Crippen molar-refractivity contribution < 1.29 is 0 Å². The fourth-order valence-corrected chi connectivity index (χ4v) is 2.44. The molecule has 2 unspecified atom stereocenters. The van der Waals surface area contributed by atoms with Gasteiger partial charge >= 0.3 is 0 Å². The number of hydrogen-bond acceptors (Lipinski definition) is 3. The molecule has 3 nitrogen and oxygen atoms in total. The summed E-state index contributed by atoms with van der Waals surface area (Å²) in [7, 11) is 2.10. The molecule has 2 atom stereocenters. The zero-order valence-corrected chi connectivity index (χ0v) is 13.5. The predicted octanol–water partition coefficient (Wildman–Crippen LogP) is 3.83. The standard InChI is InChI=1S/C15H24ClN3/c1-9-7-11(9)8-19(6)13-10(2)12(16)17-14(18-13)15(3,4)5/h9,11H,7-8H2,1-6H3. The van der Waals surface area contributed by atoms with Crippen molar-refractivity contribution in [3.05, 3.63) is 16.5 Å². The van der Waals surface area contributed by atoms with Gasteiger partial charge in [0.05, 0.1) is 0 Å². The van der Waals surface area contributed by atoms with Gasteiger partial charge in [0.15, 0.2) is 0 Å². The first-order valence-corrected chi connectivity index (χ1v) is 7.33. The summed E-state index contributed by atoms with van der Waals surface area (Å²) in [4.78, 5) is 11.4. The highest BCUT2D eigenvalue weighted by molar-refractivity contribution is 6.30. The highest BCUT2D eigenvalue weighted by Gasteiger charge is 2.34. The van der Waals surface area contributed by atoms with Gasteiger partial charge in [0, 0.05) is 24.6 Å². The molecule has 1 fully saturated rings. The van der Waals surface area contributed by atoms with Gasteiger partial charge < -0.3 is 4.90 Å². The summed E-state index contributed by atoms with van der Waals surface area (Å²) in [6, 6.07) is 0. The molecule has 1 aromatic heterocycles. The highest BCUT2D eigenvalue weighted by Crippen LogP contribution is 2.39. The molecule has 0 N–H and O–H groups in total. The lowest BCUT2D eigenvalue weighted by atomic mass is 9.95. The van der Waals surface area contributed by atoms with E-state index in [1.807, 2.05) is 6.92 Å². The SMILES string of the molecule is Cc1c(Cl)nc(C(C)(C)C)nc1N(C)CC1CC1C. The second-order valence-corrected chi connectivity index (χ2v) is 7.25. The zero-order chi connectivity index (χ0) is 14.4. The molecule has 0 aliphatic heterocycles. The maximum absolute atomic E-state index is 6.27. The second-order valence-electron chi connectivity index (χ2n) is 6.89. The molecule has 0 aromatic carbocycles. The first kappa shape index (κ1) is 14.6. The Balaban J connectivity index is 2.30. The van der Waals surface area contributed by atoms with E-state index in [0.29, 0.717) is 5.15 Å². The van der Waals surface area contributed by atoms with Gasteiger partial charge in [-0.25, -0.2) is 9.97 Å². The van der Waals surface area contributed by atoms with E-state index in [4.69, 9.17) is 16.6 Å². The molecule has 0 saturated heterocycles. The van der Waals surface area contributed by atoms with Crippen molar-refractivity contribution >= 4 is 17.4 Å². The Hall–Kier alpha value is -0.830. The Morgan fingerprint density at radius 3 is 2.37 bits per heavy atom. The van der Waals surface area contributed by atoms with Crippen molar-refractivity contribution in [3.8, 4) is 0 Å². The summed E-state index contributed by atoms with van der Waals surface area (Å²) in [6.45, 7) is 11.7. The number of hydrogen-bond donors (Lipinski definition) is 0. The highest BCUT2D eigenvalue weighted by atomic mass is 35.5. The third-order valence-corrected chi connectivity index (χ3v) is 4.25. The third-order valence-electron chi connectivity index (χ3n) is 3.88. The lowest BCUT2D eigenvalue weighted by molar-refractivity contribution is 0.543. The van der Waals surface area contributed by atoms with Crippen LogP contribution in [0.2, 0.25) is 5.15 Å². The van der Waals surface area contributed by atoms with Crippen molar-refractivity contribution in [1.82, 2.24) is 9.97 Å². The van der Waals surface area contributed by atoms with Gasteiger partial charge in [0.1, 0.15) is 16.8 Å². The van der Waals surface area contributed by atoms with E-state index >= 15 is 0 Å². The topological polar surface area (TPSA) is 29.0 Å². The molecule has 0 spiro atoms. The van der Waals surface area contributed by atoms with Gasteiger partial charge in [0.2, 0.25) is 0 Å². The minimum Gasteiger partial charge on any atom is -0.359 e. The van der Waals surface area contributed by atoms with Crippen LogP contribution in [-0.2, 0) is 5.41 Å². The van der Waals surface area contributed by atoms with Crippen LogP contribution in [0, 0.1) is 18.8 Å². The van der Waals surface area contributed by atoms with Crippen LogP contribution in [-0.4, -0.2) is 23.6 Å². The summed E-state index contributed by atoms with van der Waals surface area (Å²) in [6.07, 6.45) is 1.33. The maximum Gasteiger partial charge on any atom is 0.137 e. The molecule has 0 bridgehead atoms. The second kappa shape index (κ2) is 4.93. The minimum absolute atomic E-state index is 0.0835. The molecule has 0 amide bonds. The van der Waals surface area contributed by atoms with Crippen LogP contribution in [0.3, 0.4) is 0 Å². The summed E-state index contributed by atoms with van der Waals surface area (Å²) < 4.78 is 0. The first-order valence-electron chi connectivity index (χ1n) is 6.96. The fraction of sp³-hybridized carbons (Fsp3) is 0.733. The smallest absolute Gasteiger partial charge is 0.137 e. The van der Waals surface area contributed by atoms with Crippen molar-refractivity contribution in [2.75, 3.05) is 18.5 Å². The van der Waals surface area contributed by atoms with E-state index in [1.165, 1.54) is 6.42 Å². The Labute approximate surface area is 121 Å². The first-order chi connectivity index (χ1) is 8.70. The lowest BCUT2D eigenvalue weighted by Crippen LogP contribution is -2.25. The maximum atomic E-state index is 6.27. The number of anilines is 1. The van der Waals surface area contributed by atoms with E-state index in [-0.39, 0.29) is 5.41 Å². The Morgan fingerprint density at radius 2 is 1.89 bits per heavy atom. The molecular weight excluding hydrogens is 258 g/mol. The summed E-state index contributed by atoms with van der Waals surface area (Å²) in [5.41, 5.74) is 0.894. The van der Waals surface area contributed by atoms with Crippen LogP contribution in [0.1, 0.15) is 45.5 Å². The van der Waals surface area contributed by atoms with E-state index in [2.05, 4.69) is 44.6 Å². The molecule has 1 saturated carbocycles. The van der Waals surface area contributed by atoms with Crippen LogP contribution in [0.5, 0.6) is 0 Å². The molecule has 0 radical (unpaired) electrons. The van der Waals surface area contributed by atoms with Crippen molar-refractivity contribution in [3.63, 3.8) is 0 Å². The van der Waals surface area contributed by atoms with Gasteiger partial charge in [-0.15, -0.1) is 0 Å².